The molecule has 16 heavy (non-hydrogen) atoms. The molecule has 3 N–H and O–H groups in total. The minimum atomic E-state index is -0.457. The molecule has 1 fully saturated rings. The number of aliphatic hydroxyl groups excluding tert-OH is 1. The maximum Gasteiger partial charge on any atom is 0.187 e. The van der Waals surface area contributed by atoms with Crippen molar-refractivity contribution >= 4 is 5.71 Å². The lowest BCUT2D eigenvalue weighted by Gasteiger charge is -2.27. The van der Waals surface area contributed by atoms with E-state index in [4.69, 9.17) is 10.5 Å². The van der Waals surface area contributed by atoms with E-state index in [1.807, 2.05) is 13.8 Å². The number of nitrogens with two attached hydrogens (primary N) is 1. The van der Waals surface area contributed by atoms with Crippen LogP contribution in [-0.4, -0.2) is 28.6 Å². The zero-order valence-electron chi connectivity index (χ0n) is 9.94. The molecule has 4 heteroatoms. The smallest absolute Gasteiger partial charge is 0.187 e. The summed E-state index contributed by atoms with van der Waals surface area (Å²) in [7, 11) is 0. The number of hydrogen-bond donors (Lipinski definition) is 2. The van der Waals surface area contributed by atoms with Crippen molar-refractivity contribution in [3.05, 3.63) is 12.0 Å². The van der Waals surface area contributed by atoms with Crippen molar-refractivity contribution in [2.45, 2.75) is 57.3 Å². The summed E-state index contributed by atoms with van der Waals surface area (Å²) >= 11 is 0. The average Bonchev–Trinajstić information content (AvgIpc) is 2.43. The molecule has 0 aromatic carbocycles. The molecule has 0 bridgehead atoms. The Kier molecular flexibility index (Phi) is 2.93. The summed E-state index contributed by atoms with van der Waals surface area (Å²) < 4.78 is 5.46. The molecule has 2 atom stereocenters. The van der Waals surface area contributed by atoms with Gasteiger partial charge in [0.1, 0.15) is 5.60 Å². The number of aliphatic hydroxyl groups is 1. The van der Waals surface area contributed by atoms with Crippen LogP contribution in [0.4, 0.5) is 0 Å². The maximum absolute atomic E-state index is 9.87. The molecule has 2 rings (SSSR count). The minimum absolute atomic E-state index is 0.00812. The molecule has 1 aliphatic heterocycles. The van der Waals surface area contributed by atoms with Gasteiger partial charge in [-0.3, -0.25) is 4.99 Å². The van der Waals surface area contributed by atoms with E-state index in [2.05, 4.69) is 4.99 Å². The zero-order valence-corrected chi connectivity index (χ0v) is 9.94. The second-order valence-electron chi connectivity index (χ2n) is 5.09. The van der Waals surface area contributed by atoms with E-state index in [1.54, 1.807) is 6.08 Å². The highest BCUT2D eigenvalue weighted by atomic mass is 16.5. The van der Waals surface area contributed by atoms with Gasteiger partial charge in [-0.2, -0.15) is 0 Å². The van der Waals surface area contributed by atoms with Gasteiger partial charge in [-0.05, 0) is 26.7 Å². The first-order valence-corrected chi connectivity index (χ1v) is 5.91. The summed E-state index contributed by atoms with van der Waals surface area (Å²) in [6.07, 6.45) is 5.49. The van der Waals surface area contributed by atoms with Gasteiger partial charge in [-0.25, -0.2) is 0 Å². The molecule has 90 valence electrons. The average molecular weight is 224 g/mol. The van der Waals surface area contributed by atoms with E-state index in [9.17, 15) is 5.11 Å². The van der Waals surface area contributed by atoms with Crippen molar-refractivity contribution in [1.82, 2.24) is 0 Å². The third-order valence-electron chi connectivity index (χ3n) is 3.27. The second kappa shape index (κ2) is 4.09. The predicted molar refractivity (Wildman–Crippen MR) is 63.1 cm³/mol. The first kappa shape index (κ1) is 11.5. The molecule has 0 aromatic rings. The van der Waals surface area contributed by atoms with Gasteiger partial charge in [0.15, 0.2) is 5.88 Å². The molecule has 0 spiro atoms. The number of aliphatic imine (C=N–C) groups is 1. The van der Waals surface area contributed by atoms with Gasteiger partial charge in [-0.1, -0.05) is 12.8 Å². The van der Waals surface area contributed by atoms with Crippen LogP contribution < -0.4 is 5.73 Å². The third kappa shape index (κ3) is 2.21. The lowest BCUT2D eigenvalue weighted by atomic mass is 9.92. The number of hydrogen-bond acceptors (Lipinski definition) is 4. The largest absolute Gasteiger partial charge is 0.467 e. The van der Waals surface area contributed by atoms with E-state index in [0.717, 1.165) is 31.4 Å². The Bertz CT molecular complexity index is 334. The van der Waals surface area contributed by atoms with Crippen molar-refractivity contribution in [2.24, 2.45) is 10.7 Å². The minimum Gasteiger partial charge on any atom is -0.467 e. The van der Waals surface area contributed by atoms with Crippen molar-refractivity contribution in [3.63, 3.8) is 0 Å². The standard InChI is InChI=1S/C12H20N2O2/c1-12(2)10(7-11(13)16-12)14-8-5-3-4-6-9(8)15/h7-9,15H,3-6,13H2,1-2H3. The van der Waals surface area contributed by atoms with E-state index >= 15 is 0 Å². The molecule has 2 unspecified atom stereocenters. The highest BCUT2D eigenvalue weighted by molar-refractivity contribution is 6.03. The number of ether oxygens (including phenoxy) is 1. The molecule has 0 amide bonds. The van der Waals surface area contributed by atoms with Gasteiger partial charge in [-0.15, -0.1) is 0 Å². The summed E-state index contributed by atoms with van der Waals surface area (Å²) in [6.45, 7) is 3.88. The summed E-state index contributed by atoms with van der Waals surface area (Å²) in [5, 5.41) is 9.87. The van der Waals surface area contributed by atoms with Crippen LogP contribution in [-0.2, 0) is 4.74 Å². The van der Waals surface area contributed by atoms with Crippen LogP contribution >= 0.6 is 0 Å². The topological polar surface area (TPSA) is 67.8 Å². The molecule has 1 saturated carbocycles. The number of rotatable bonds is 1. The lowest BCUT2D eigenvalue weighted by molar-refractivity contribution is 0.0994. The second-order valence-corrected chi connectivity index (χ2v) is 5.09. The van der Waals surface area contributed by atoms with Crippen molar-refractivity contribution in [3.8, 4) is 0 Å². The van der Waals surface area contributed by atoms with Gasteiger partial charge < -0.3 is 15.6 Å². The van der Waals surface area contributed by atoms with Crippen LogP contribution in [0.25, 0.3) is 0 Å². The third-order valence-corrected chi connectivity index (χ3v) is 3.27. The highest BCUT2D eigenvalue weighted by Gasteiger charge is 2.34. The van der Waals surface area contributed by atoms with Gasteiger partial charge in [0.25, 0.3) is 0 Å². The van der Waals surface area contributed by atoms with Crippen LogP contribution in [0.5, 0.6) is 0 Å². The Hall–Kier alpha value is -1.03. The molecular formula is C12H20N2O2. The van der Waals surface area contributed by atoms with E-state index in [-0.39, 0.29) is 12.1 Å². The predicted octanol–water partition coefficient (Wildman–Crippen LogP) is 1.34. The molecule has 1 heterocycles. The molecule has 0 saturated heterocycles. The first-order valence-electron chi connectivity index (χ1n) is 5.91. The Morgan fingerprint density at radius 2 is 2.12 bits per heavy atom. The Balaban J connectivity index is 2.16. The van der Waals surface area contributed by atoms with Crippen LogP contribution in [0.3, 0.4) is 0 Å². The van der Waals surface area contributed by atoms with E-state index in [1.165, 1.54) is 0 Å². The van der Waals surface area contributed by atoms with Gasteiger partial charge in [0, 0.05) is 6.08 Å². The Morgan fingerprint density at radius 3 is 2.69 bits per heavy atom. The van der Waals surface area contributed by atoms with Crippen LogP contribution in [0, 0.1) is 0 Å². The SMILES string of the molecule is CC1(C)OC(N)=CC1=NC1CCCCC1O. The van der Waals surface area contributed by atoms with Crippen molar-refractivity contribution in [1.29, 1.82) is 0 Å². The summed E-state index contributed by atoms with van der Waals surface area (Å²) in [5.74, 6) is 0.411. The van der Waals surface area contributed by atoms with Crippen LogP contribution in [0.15, 0.2) is 17.0 Å². The fourth-order valence-electron chi connectivity index (χ4n) is 2.30. The van der Waals surface area contributed by atoms with Gasteiger partial charge >= 0.3 is 0 Å². The molecule has 4 nitrogen and oxygen atoms in total. The quantitative estimate of drug-likeness (QED) is 0.706. The fourth-order valence-corrected chi connectivity index (χ4v) is 2.30. The first-order chi connectivity index (χ1) is 7.49. The van der Waals surface area contributed by atoms with Crippen LogP contribution in [0.2, 0.25) is 0 Å². The van der Waals surface area contributed by atoms with Crippen molar-refractivity contribution in [2.75, 3.05) is 0 Å². The van der Waals surface area contributed by atoms with Gasteiger partial charge in [0.05, 0.1) is 17.9 Å². The van der Waals surface area contributed by atoms with E-state index in [0.29, 0.717) is 5.88 Å². The lowest BCUT2D eigenvalue weighted by Crippen LogP contribution is -2.34. The summed E-state index contributed by atoms with van der Waals surface area (Å²) in [4.78, 5) is 4.60. The van der Waals surface area contributed by atoms with E-state index < -0.39 is 5.60 Å². The zero-order chi connectivity index (χ0) is 11.8. The molecule has 1 aliphatic carbocycles. The van der Waals surface area contributed by atoms with Crippen molar-refractivity contribution < 1.29 is 9.84 Å². The normalized spacial score (nSPS) is 35.9. The number of nitrogens with zero attached hydrogens (tertiary/aromatic N) is 1. The monoisotopic (exact) mass is 224 g/mol. The Morgan fingerprint density at radius 1 is 1.44 bits per heavy atom. The molecule has 2 aliphatic rings. The molecule has 0 aromatic heterocycles. The van der Waals surface area contributed by atoms with Gasteiger partial charge in [0.2, 0.25) is 0 Å². The fraction of sp³-hybridized carbons (Fsp3) is 0.750. The van der Waals surface area contributed by atoms with Crippen LogP contribution in [0.1, 0.15) is 39.5 Å². The molecular weight excluding hydrogens is 204 g/mol. The Labute approximate surface area is 96.2 Å². The maximum atomic E-state index is 9.87. The summed E-state index contributed by atoms with van der Waals surface area (Å²) in [6, 6.07) is 0.00812. The summed E-state index contributed by atoms with van der Waals surface area (Å²) in [5.41, 5.74) is 6.02. The molecule has 0 radical (unpaired) electrons. The highest BCUT2D eigenvalue weighted by Crippen LogP contribution is 2.27.